The molecule has 0 fully saturated rings. The molecule has 0 spiro atoms. The summed E-state index contributed by atoms with van der Waals surface area (Å²) in [6, 6.07) is 9.25. The molecule has 0 heterocycles. The summed E-state index contributed by atoms with van der Waals surface area (Å²) >= 11 is 11.8. The lowest BCUT2D eigenvalue weighted by Gasteiger charge is -2.11. The third-order valence-corrected chi connectivity index (χ3v) is 3.53. The average Bonchev–Trinajstić information content (AvgIpc) is 2.52. The maximum absolute atomic E-state index is 11.9. The second kappa shape index (κ2) is 7.15. The number of halogens is 2. The van der Waals surface area contributed by atoms with Crippen LogP contribution in [0.2, 0.25) is 10.0 Å². The molecule has 5 nitrogen and oxygen atoms in total. The number of hydrogen-bond donors (Lipinski definition) is 1. The summed E-state index contributed by atoms with van der Waals surface area (Å²) in [6.45, 7) is 0. The number of carbonyl (C=O) groups is 2. The Balaban J connectivity index is 2.15. The molecule has 2 aromatic rings. The molecule has 0 atom stereocenters. The van der Waals surface area contributed by atoms with Gasteiger partial charge in [-0.05, 0) is 30.3 Å². The quantitative estimate of drug-likeness (QED) is 0.837. The van der Waals surface area contributed by atoms with E-state index in [0.29, 0.717) is 22.6 Å². The summed E-state index contributed by atoms with van der Waals surface area (Å²) < 4.78 is 10.2. The van der Waals surface area contributed by atoms with Gasteiger partial charge in [-0.2, -0.15) is 0 Å². The van der Waals surface area contributed by atoms with Crippen molar-refractivity contribution in [3.63, 3.8) is 0 Å². The molecule has 0 aliphatic heterocycles. The summed E-state index contributed by atoms with van der Waals surface area (Å²) in [6.07, 6.45) is -0.0979. The molecule has 2 rings (SSSR count). The molecule has 0 saturated heterocycles. The molecule has 7 heteroatoms. The molecule has 1 N–H and O–H groups in total. The van der Waals surface area contributed by atoms with Crippen LogP contribution in [0.4, 0.5) is 10.5 Å². The highest BCUT2D eigenvalue weighted by molar-refractivity contribution is 6.43. The minimum Gasteiger partial charge on any atom is -0.493 e. The van der Waals surface area contributed by atoms with E-state index in [0.717, 1.165) is 0 Å². The molecule has 0 bridgehead atoms. The fourth-order valence-electron chi connectivity index (χ4n) is 1.68. The van der Waals surface area contributed by atoms with E-state index in [1.54, 1.807) is 18.2 Å². The highest BCUT2D eigenvalue weighted by atomic mass is 35.5. The lowest BCUT2D eigenvalue weighted by Crippen LogP contribution is -2.17. The molecule has 22 heavy (non-hydrogen) atoms. The van der Waals surface area contributed by atoms with Gasteiger partial charge in [0.2, 0.25) is 0 Å². The maximum atomic E-state index is 11.9. The van der Waals surface area contributed by atoms with Gasteiger partial charge in [0.05, 0.1) is 22.8 Å². The molecular formula is C15H11Cl2NO4. The van der Waals surface area contributed by atoms with Crippen molar-refractivity contribution in [2.45, 2.75) is 0 Å². The lowest BCUT2D eigenvalue weighted by molar-refractivity contribution is 0.112. The number of ether oxygens (including phenoxy) is 2. The highest BCUT2D eigenvalue weighted by Crippen LogP contribution is 2.31. The normalized spacial score (nSPS) is 9.95. The van der Waals surface area contributed by atoms with Gasteiger partial charge in [0, 0.05) is 5.56 Å². The van der Waals surface area contributed by atoms with E-state index in [1.807, 2.05) is 0 Å². The Hall–Kier alpha value is -2.24. The number of aldehydes is 1. The molecule has 0 radical (unpaired) electrons. The van der Waals surface area contributed by atoms with Gasteiger partial charge in [-0.25, -0.2) is 4.79 Å². The maximum Gasteiger partial charge on any atom is 0.417 e. The van der Waals surface area contributed by atoms with Gasteiger partial charge < -0.3 is 9.47 Å². The van der Waals surface area contributed by atoms with Gasteiger partial charge in [0.25, 0.3) is 0 Å². The van der Waals surface area contributed by atoms with Gasteiger partial charge in [0.1, 0.15) is 6.29 Å². The standard InChI is InChI=1S/C15H11Cl2NO4/c1-21-13-7-9(8-19)5-6-12(13)22-15(20)18-11-4-2-3-10(16)14(11)17/h2-8H,1H3,(H,18,20). The van der Waals surface area contributed by atoms with Crippen LogP contribution in [0, 0.1) is 0 Å². The summed E-state index contributed by atoms with van der Waals surface area (Å²) in [5.41, 5.74) is 0.727. The smallest absolute Gasteiger partial charge is 0.417 e. The number of rotatable bonds is 4. The molecule has 0 aromatic heterocycles. The molecule has 0 saturated carbocycles. The first-order valence-corrected chi connectivity index (χ1v) is 6.87. The molecule has 114 valence electrons. The number of methoxy groups -OCH3 is 1. The summed E-state index contributed by atoms with van der Waals surface area (Å²) in [5.74, 6) is 0.431. The minimum absolute atomic E-state index is 0.170. The molecule has 2 aromatic carbocycles. The largest absolute Gasteiger partial charge is 0.493 e. The topological polar surface area (TPSA) is 64.6 Å². The average molecular weight is 340 g/mol. The fraction of sp³-hybridized carbons (Fsp3) is 0.0667. The SMILES string of the molecule is COc1cc(C=O)ccc1OC(=O)Nc1cccc(Cl)c1Cl. The van der Waals surface area contributed by atoms with E-state index in [1.165, 1.54) is 25.3 Å². The van der Waals surface area contributed by atoms with Crippen LogP contribution < -0.4 is 14.8 Å². The van der Waals surface area contributed by atoms with Crippen LogP contribution in [0.5, 0.6) is 11.5 Å². The van der Waals surface area contributed by atoms with Crippen LogP contribution in [0.3, 0.4) is 0 Å². The van der Waals surface area contributed by atoms with Crippen molar-refractivity contribution in [3.05, 3.63) is 52.0 Å². The third kappa shape index (κ3) is 3.69. The molecule has 0 aliphatic carbocycles. The Morgan fingerprint density at radius 3 is 2.64 bits per heavy atom. The summed E-state index contributed by atoms with van der Waals surface area (Å²) in [4.78, 5) is 22.6. The van der Waals surface area contributed by atoms with Crippen molar-refractivity contribution in [2.75, 3.05) is 12.4 Å². The Labute approximate surface area is 136 Å². The number of anilines is 1. The van der Waals surface area contributed by atoms with Crippen LogP contribution in [0.25, 0.3) is 0 Å². The number of carbonyl (C=O) groups excluding carboxylic acids is 2. The Morgan fingerprint density at radius 1 is 1.18 bits per heavy atom. The zero-order valence-corrected chi connectivity index (χ0v) is 12.9. The fourth-order valence-corrected chi connectivity index (χ4v) is 2.03. The second-order valence-electron chi connectivity index (χ2n) is 4.14. The predicted molar refractivity (Wildman–Crippen MR) is 84.5 cm³/mol. The molecular weight excluding hydrogens is 329 g/mol. The first-order valence-electron chi connectivity index (χ1n) is 6.11. The van der Waals surface area contributed by atoms with E-state index < -0.39 is 6.09 Å². The zero-order valence-electron chi connectivity index (χ0n) is 11.4. The van der Waals surface area contributed by atoms with Crippen molar-refractivity contribution in [2.24, 2.45) is 0 Å². The minimum atomic E-state index is -0.763. The van der Waals surface area contributed by atoms with Crippen LogP contribution >= 0.6 is 23.2 Å². The van der Waals surface area contributed by atoms with Crippen molar-refractivity contribution >= 4 is 41.3 Å². The summed E-state index contributed by atoms with van der Waals surface area (Å²) in [7, 11) is 1.41. The van der Waals surface area contributed by atoms with Crippen LogP contribution in [0.15, 0.2) is 36.4 Å². The van der Waals surface area contributed by atoms with Crippen molar-refractivity contribution in [1.82, 2.24) is 0 Å². The van der Waals surface area contributed by atoms with E-state index in [4.69, 9.17) is 32.7 Å². The van der Waals surface area contributed by atoms with Crippen molar-refractivity contribution in [3.8, 4) is 11.5 Å². The van der Waals surface area contributed by atoms with E-state index >= 15 is 0 Å². The highest BCUT2D eigenvalue weighted by Gasteiger charge is 2.13. The van der Waals surface area contributed by atoms with Crippen LogP contribution in [-0.4, -0.2) is 19.5 Å². The monoisotopic (exact) mass is 339 g/mol. The molecule has 1 amide bonds. The Bertz CT molecular complexity index is 719. The first kappa shape index (κ1) is 16.1. The van der Waals surface area contributed by atoms with Gasteiger partial charge in [-0.1, -0.05) is 29.3 Å². The van der Waals surface area contributed by atoms with Crippen molar-refractivity contribution < 1.29 is 19.1 Å². The van der Waals surface area contributed by atoms with Crippen LogP contribution in [0.1, 0.15) is 10.4 Å². The molecule has 0 unspecified atom stereocenters. The summed E-state index contributed by atoms with van der Waals surface area (Å²) in [5, 5.41) is 3.00. The number of amides is 1. The van der Waals surface area contributed by atoms with E-state index in [2.05, 4.69) is 5.32 Å². The van der Waals surface area contributed by atoms with Gasteiger partial charge in [0.15, 0.2) is 11.5 Å². The Morgan fingerprint density at radius 2 is 1.95 bits per heavy atom. The predicted octanol–water partition coefficient (Wildman–Crippen LogP) is 4.43. The number of hydrogen-bond acceptors (Lipinski definition) is 4. The van der Waals surface area contributed by atoms with Crippen molar-refractivity contribution in [1.29, 1.82) is 0 Å². The molecule has 0 aliphatic rings. The number of benzene rings is 2. The lowest BCUT2D eigenvalue weighted by atomic mass is 10.2. The van der Waals surface area contributed by atoms with E-state index in [-0.39, 0.29) is 16.5 Å². The van der Waals surface area contributed by atoms with Gasteiger partial charge in [-0.3, -0.25) is 10.1 Å². The first-order chi connectivity index (χ1) is 10.5. The zero-order chi connectivity index (χ0) is 16.1. The Kier molecular flexibility index (Phi) is 5.25. The van der Waals surface area contributed by atoms with Gasteiger partial charge in [-0.15, -0.1) is 0 Å². The van der Waals surface area contributed by atoms with E-state index in [9.17, 15) is 9.59 Å². The van der Waals surface area contributed by atoms with Gasteiger partial charge >= 0.3 is 6.09 Å². The number of nitrogens with one attached hydrogen (secondary N) is 1. The van der Waals surface area contributed by atoms with Crippen LogP contribution in [-0.2, 0) is 0 Å². The second-order valence-corrected chi connectivity index (χ2v) is 4.93. The third-order valence-electron chi connectivity index (χ3n) is 2.71.